The Kier molecular flexibility index (Phi) is 3.39. The number of pyridine rings is 1. The number of aromatic nitrogens is 1. The van der Waals surface area contributed by atoms with Crippen molar-refractivity contribution in [1.82, 2.24) is 4.98 Å². The fraction of sp³-hybridized carbons (Fsp3) is 0.500. The molecule has 0 unspecified atom stereocenters. The highest BCUT2D eigenvalue weighted by Gasteiger charge is 2.31. The van der Waals surface area contributed by atoms with E-state index < -0.39 is 11.6 Å². The van der Waals surface area contributed by atoms with E-state index in [1.165, 1.54) is 0 Å². The Morgan fingerprint density at radius 3 is 2.71 bits per heavy atom. The summed E-state index contributed by atoms with van der Waals surface area (Å²) < 4.78 is 26.8. The summed E-state index contributed by atoms with van der Waals surface area (Å²) in [4.78, 5) is 5.43. The maximum absolute atomic E-state index is 13.6. The van der Waals surface area contributed by atoms with E-state index in [4.69, 9.17) is 10.9 Å². The van der Waals surface area contributed by atoms with Crippen molar-refractivity contribution in [3.63, 3.8) is 0 Å². The smallest absolute Gasteiger partial charge is 0.178 e. The number of rotatable bonds is 5. The molecule has 4 N–H and O–H groups in total. The summed E-state index contributed by atoms with van der Waals surface area (Å²) in [6.45, 7) is 0.157. The second-order valence-corrected chi connectivity index (χ2v) is 3.92. The van der Waals surface area contributed by atoms with Gasteiger partial charge in [0.25, 0.3) is 0 Å². The number of aliphatic hydroxyl groups excluding tert-OH is 1. The fourth-order valence-electron chi connectivity index (χ4n) is 1.71. The summed E-state index contributed by atoms with van der Waals surface area (Å²) in [5, 5.41) is 8.94. The Bertz CT molecular complexity index is 412. The van der Waals surface area contributed by atoms with E-state index in [2.05, 4.69) is 10.4 Å². The van der Waals surface area contributed by atoms with Crippen LogP contribution in [0, 0.1) is 11.6 Å². The third-order valence-electron chi connectivity index (χ3n) is 2.65. The fourth-order valence-corrected chi connectivity index (χ4v) is 1.71. The summed E-state index contributed by atoms with van der Waals surface area (Å²) in [5.74, 6) is 3.33. The van der Waals surface area contributed by atoms with E-state index in [1.807, 2.05) is 0 Å². The lowest BCUT2D eigenvalue weighted by molar-refractivity contribution is 0.300. The lowest BCUT2D eigenvalue weighted by atomic mass is 10.3. The summed E-state index contributed by atoms with van der Waals surface area (Å²) in [7, 11) is 0. The molecule has 94 valence electrons. The molecule has 1 saturated carbocycles. The zero-order valence-corrected chi connectivity index (χ0v) is 9.16. The molecule has 1 aromatic heterocycles. The molecule has 2 rings (SSSR count). The molecule has 0 atom stereocenters. The summed E-state index contributed by atoms with van der Waals surface area (Å²) in [6, 6.07) is 0.907. The molecule has 0 aromatic carbocycles. The molecule has 0 bridgehead atoms. The number of hydrazine groups is 1. The zero-order valence-electron chi connectivity index (χ0n) is 9.16. The molecule has 1 aliphatic carbocycles. The number of nitrogens with zero attached hydrogens (tertiary/aromatic N) is 2. The van der Waals surface area contributed by atoms with Crippen LogP contribution in [0.3, 0.4) is 0 Å². The van der Waals surface area contributed by atoms with E-state index in [9.17, 15) is 8.78 Å². The number of hydrogen-bond acceptors (Lipinski definition) is 5. The van der Waals surface area contributed by atoms with Crippen LogP contribution in [-0.4, -0.2) is 29.3 Å². The van der Waals surface area contributed by atoms with Crippen molar-refractivity contribution >= 4 is 11.6 Å². The van der Waals surface area contributed by atoms with Crippen molar-refractivity contribution < 1.29 is 13.9 Å². The van der Waals surface area contributed by atoms with Crippen LogP contribution in [-0.2, 0) is 0 Å². The van der Waals surface area contributed by atoms with Gasteiger partial charge in [-0.1, -0.05) is 0 Å². The van der Waals surface area contributed by atoms with Crippen LogP contribution in [0.5, 0.6) is 0 Å². The van der Waals surface area contributed by atoms with Crippen molar-refractivity contribution in [2.45, 2.75) is 18.9 Å². The van der Waals surface area contributed by atoms with Crippen molar-refractivity contribution in [2.24, 2.45) is 5.84 Å². The Labute approximate surface area is 97.2 Å². The first-order valence-electron chi connectivity index (χ1n) is 5.37. The molecular formula is C10H14F2N4O. The minimum atomic E-state index is -0.839. The number of nitrogen functional groups attached to an aromatic ring is 1. The molecule has 1 heterocycles. The maximum Gasteiger partial charge on any atom is 0.178 e. The molecule has 0 saturated heterocycles. The minimum Gasteiger partial charge on any atom is -0.395 e. The van der Waals surface area contributed by atoms with Crippen LogP contribution in [0.2, 0.25) is 0 Å². The van der Waals surface area contributed by atoms with Crippen molar-refractivity contribution in [3.05, 3.63) is 17.7 Å². The van der Waals surface area contributed by atoms with Crippen LogP contribution >= 0.6 is 0 Å². The van der Waals surface area contributed by atoms with Crippen molar-refractivity contribution in [1.29, 1.82) is 0 Å². The average molecular weight is 244 g/mol. The van der Waals surface area contributed by atoms with E-state index >= 15 is 0 Å². The van der Waals surface area contributed by atoms with Crippen LogP contribution in [0.15, 0.2) is 6.07 Å². The molecule has 1 aromatic rings. The number of nitrogens with two attached hydrogens (primary N) is 1. The van der Waals surface area contributed by atoms with E-state index in [0.717, 1.165) is 18.9 Å². The second kappa shape index (κ2) is 4.80. The number of hydrogen-bond donors (Lipinski definition) is 3. The molecular weight excluding hydrogens is 230 g/mol. The highest BCUT2D eigenvalue weighted by molar-refractivity contribution is 5.50. The monoisotopic (exact) mass is 244 g/mol. The number of halogens is 2. The molecule has 17 heavy (non-hydrogen) atoms. The number of nitrogens with one attached hydrogen (secondary N) is 1. The van der Waals surface area contributed by atoms with E-state index in [-0.39, 0.29) is 30.8 Å². The van der Waals surface area contributed by atoms with Gasteiger partial charge in [0.1, 0.15) is 0 Å². The summed E-state index contributed by atoms with van der Waals surface area (Å²) in [5.41, 5.74) is 2.08. The van der Waals surface area contributed by atoms with Crippen LogP contribution < -0.4 is 16.2 Å². The lowest BCUT2D eigenvalue weighted by Crippen LogP contribution is -2.31. The Balaban J connectivity index is 2.34. The first-order chi connectivity index (χ1) is 8.17. The molecule has 0 spiro atoms. The zero-order chi connectivity index (χ0) is 12.4. The van der Waals surface area contributed by atoms with Gasteiger partial charge in [-0.2, -0.15) is 0 Å². The topological polar surface area (TPSA) is 74.4 Å². The Morgan fingerprint density at radius 2 is 2.18 bits per heavy atom. The molecule has 7 heteroatoms. The van der Waals surface area contributed by atoms with Crippen molar-refractivity contribution in [3.8, 4) is 0 Å². The predicted octanol–water partition coefficient (Wildman–Crippen LogP) is 0.606. The normalized spacial score (nSPS) is 14.8. The first-order valence-corrected chi connectivity index (χ1v) is 5.37. The van der Waals surface area contributed by atoms with Crippen LogP contribution in [0.25, 0.3) is 0 Å². The second-order valence-electron chi connectivity index (χ2n) is 3.92. The maximum atomic E-state index is 13.6. The van der Waals surface area contributed by atoms with Gasteiger partial charge in [0.05, 0.1) is 6.61 Å². The van der Waals surface area contributed by atoms with Crippen LogP contribution in [0.4, 0.5) is 20.4 Å². The van der Waals surface area contributed by atoms with Gasteiger partial charge in [0.15, 0.2) is 23.3 Å². The van der Waals surface area contributed by atoms with Gasteiger partial charge < -0.3 is 15.4 Å². The standard InChI is InChI=1S/C10H14F2N4O/c11-7-5-8(12)10(14-9(7)15-13)16(3-4-17)6-1-2-6/h5-6,17H,1-4,13H2,(H,14,15). The predicted molar refractivity (Wildman–Crippen MR) is 59.4 cm³/mol. The molecule has 1 aliphatic rings. The molecule has 5 nitrogen and oxygen atoms in total. The molecule has 0 radical (unpaired) electrons. The van der Waals surface area contributed by atoms with Gasteiger partial charge in [0.2, 0.25) is 0 Å². The van der Waals surface area contributed by atoms with Gasteiger partial charge in [-0.05, 0) is 12.8 Å². The summed E-state index contributed by atoms with van der Waals surface area (Å²) in [6.07, 6.45) is 1.84. The summed E-state index contributed by atoms with van der Waals surface area (Å²) >= 11 is 0. The van der Waals surface area contributed by atoms with Crippen LogP contribution in [0.1, 0.15) is 12.8 Å². The number of aliphatic hydroxyl groups is 1. The highest BCUT2D eigenvalue weighted by Crippen LogP contribution is 2.32. The van der Waals surface area contributed by atoms with Gasteiger partial charge in [-0.15, -0.1) is 0 Å². The van der Waals surface area contributed by atoms with Gasteiger partial charge >= 0.3 is 0 Å². The van der Waals surface area contributed by atoms with Gasteiger partial charge in [0, 0.05) is 18.7 Å². The SMILES string of the molecule is NNc1nc(N(CCO)C2CC2)c(F)cc1F. The third kappa shape index (κ3) is 2.45. The van der Waals surface area contributed by atoms with E-state index in [0.29, 0.717) is 0 Å². The Hall–Kier alpha value is -1.47. The quantitative estimate of drug-likeness (QED) is 0.522. The van der Waals surface area contributed by atoms with Gasteiger partial charge in [-0.3, -0.25) is 0 Å². The highest BCUT2D eigenvalue weighted by atomic mass is 19.1. The molecule has 0 aliphatic heterocycles. The molecule has 0 amide bonds. The van der Waals surface area contributed by atoms with Crippen molar-refractivity contribution in [2.75, 3.05) is 23.5 Å². The minimum absolute atomic E-state index is 0.0240. The number of anilines is 2. The first kappa shape index (κ1) is 12.0. The van der Waals surface area contributed by atoms with E-state index in [1.54, 1.807) is 4.90 Å². The molecule has 1 fully saturated rings. The largest absolute Gasteiger partial charge is 0.395 e. The average Bonchev–Trinajstić information content (AvgIpc) is 3.11. The third-order valence-corrected chi connectivity index (χ3v) is 2.65. The van der Waals surface area contributed by atoms with Gasteiger partial charge in [-0.25, -0.2) is 19.6 Å². The lowest BCUT2D eigenvalue weighted by Gasteiger charge is -2.23. The Morgan fingerprint density at radius 1 is 1.47 bits per heavy atom.